The third kappa shape index (κ3) is 3.72. The summed E-state index contributed by atoms with van der Waals surface area (Å²) in [6, 6.07) is 0.941. The second-order valence-corrected chi connectivity index (χ2v) is 6.38. The molecule has 13 heteroatoms. The topological polar surface area (TPSA) is 151 Å². The lowest BCUT2D eigenvalue weighted by atomic mass is 9.99. The van der Waals surface area contributed by atoms with Crippen molar-refractivity contribution < 1.29 is 33.1 Å². The highest BCUT2D eigenvalue weighted by Gasteiger charge is 2.56. The maximum absolute atomic E-state index is 14.3. The number of aliphatic hydroxyl groups excluding tert-OH is 1. The van der Waals surface area contributed by atoms with Crippen molar-refractivity contribution in [2.45, 2.75) is 24.1 Å². The van der Waals surface area contributed by atoms with Gasteiger partial charge in [-0.3, -0.25) is 18.9 Å². The molecule has 1 unspecified atom stereocenters. The first-order valence-electron chi connectivity index (χ1n) is 6.17. The fraction of sp³-hybridized carbons (Fsp3) is 0.600. The van der Waals surface area contributed by atoms with E-state index in [1.807, 2.05) is 4.98 Å². The molecule has 1 fully saturated rings. The molecule has 4 N–H and O–H groups in total. The van der Waals surface area contributed by atoms with Gasteiger partial charge in [0.25, 0.3) is 5.56 Å². The van der Waals surface area contributed by atoms with Crippen LogP contribution in [0.15, 0.2) is 21.9 Å². The van der Waals surface area contributed by atoms with Crippen LogP contribution in [-0.2, 0) is 13.8 Å². The summed E-state index contributed by atoms with van der Waals surface area (Å²) in [5.41, 5.74) is -3.69. The van der Waals surface area contributed by atoms with Gasteiger partial charge >= 0.3 is 13.5 Å². The van der Waals surface area contributed by atoms with E-state index >= 15 is 0 Å². The van der Waals surface area contributed by atoms with E-state index in [1.165, 1.54) is 0 Å². The molecule has 1 aliphatic rings. The molecule has 0 saturated carbocycles. The van der Waals surface area contributed by atoms with Crippen molar-refractivity contribution in [3.05, 3.63) is 33.1 Å². The van der Waals surface area contributed by atoms with Gasteiger partial charge in [0.2, 0.25) is 0 Å². The number of aliphatic hydroxyl groups is 1. The second kappa shape index (κ2) is 6.44. The number of H-pyrrole nitrogens is 1. The first-order chi connectivity index (χ1) is 10.6. The average molecular weight is 375 g/mol. The highest BCUT2D eigenvalue weighted by Crippen LogP contribution is 2.43. The summed E-state index contributed by atoms with van der Waals surface area (Å²) >= 11 is 5.64. The third-order valence-corrected chi connectivity index (χ3v) is 4.21. The highest BCUT2D eigenvalue weighted by atomic mass is 35.5. The van der Waals surface area contributed by atoms with Gasteiger partial charge in [-0.2, -0.15) is 0 Å². The SMILES string of the molecule is O=c1ccn(C2O[C@](CCl)(COP(=O)(O)O)[C@@H](O)[C@H]2F)c(=O)[nH]1. The smallest absolute Gasteiger partial charge is 0.387 e. The van der Waals surface area contributed by atoms with Crippen molar-refractivity contribution in [1.29, 1.82) is 0 Å². The molecule has 1 saturated heterocycles. The van der Waals surface area contributed by atoms with E-state index in [0.717, 1.165) is 12.3 Å². The van der Waals surface area contributed by atoms with Crippen molar-refractivity contribution in [2.75, 3.05) is 12.5 Å². The number of phosphoric ester groups is 1. The van der Waals surface area contributed by atoms with Crippen LogP contribution in [-0.4, -0.2) is 54.8 Å². The number of hydrogen-bond donors (Lipinski definition) is 4. The van der Waals surface area contributed by atoms with Crippen molar-refractivity contribution in [3.63, 3.8) is 0 Å². The van der Waals surface area contributed by atoms with Crippen LogP contribution in [0.1, 0.15) is 6.23 Å². The third-order valence-electron chi connectivity index (χ3n) is 3.30. The lowest BCUT2D eigenvalue weighted by Gasteiger charge is -2.29. The molecule has 1 aromatic rings. The van der Waals surface area contributed by atoms with E-state index < -0.39 is 55.7 Å². The minimum atomic E-state index is -4.92. The number of rotatable bonds is 5. The van der Waals surface area contributed by atoms with Crippen LogP contribution in [0.25, 0.3) is 0 Å². The summed E-state index contributed by atoms with van der Waals surface area (Å²) in [5, 5.41) is 9.98. The molecule has 0 spiro atoms. The maximum Gasteiger partial charge on any atom is 0.469 e. The number of alkyl halides is 2. The van der Waals surface area contributed by atoms with E-state index in [4.69, 9.17) is 26.1 Å². The van der Waals surface area contributed by atoms with Crippen LogP contribution in [0.2, 0.25) is 0 Å². The molecule has 23 heavy (non-hydrogen) atoms. The number of phosphoric acid groups is 1. The van der Waals surface area contributed by atoms with Crippen molar-refractivity contribution >= 4 is 19.4 Å². The lowest BCUT2D eigenvalue weighted by Crippen LogP contribution is -2.47. The zero-order chi connectivity index (χ0) is 17.4. The van der Waals surface area contributed by atoms with E-state index in [2.05, 4.69) is 4.52 Å². The molecular weight excluding hydrogens is 362 g/mol. The van der Waals surface area contributed by atoms with Gasteiger partial charge in [-0.1, -0.05) is 0 Å². The Labute approximate surface area is 132 Å². The van der Waals surface area contributed by atoms with Crippen molar-refractivity contribution in [3.8, 4) is 0 Å². The van der Waals surface area contributed by atoms with Crippen LogP contribution < -0.4 is 11.2 Å². The number of aromatic amines is 1. The van der Waals surface area contributed by atoms with Gasteiger partial charge in [0.05, 0.1) is 12.5 Å². The largest absolute Gasteiger partial charge is 0.469 e. The zero-order valence-electron chi connectivity index (χ0n) is 11.3. The number of halogens is 2. The monoisotopic (exact) mass is 374 g/mol. The first kappa shape index (κ1) is 18.3. The van der Waals surface area contributed by atoms with E-state index in [9.17, 15) is 23.7 Å². The molecule has 0 amide bonds. The Morgan fingerprint density at radius 1 is 1.52 bits per heavy atom. The standard InChI is InChI=1S/C10H13ClFN2O8P/c11-3-10(4-21-23(18,19)20)7(16)6(12)8(22-10)14-2-1-5(15)13-9(14)17/h1-2,6-8,16H,3-4H2,(H,13,15,17)(H2,18,19,20)/t6-,7+,8?,10-/m1/s1. The molecule has 10 nitrogen and oxygen atoms in total. The van der Waals surface area contributed by atoms with Crippen LogP contribution >= 0.6 is 19.4 Å². The van der Waals surface area contributed by atoms with Crippen molar-refractivity contribution in [1.82, 2.24) is 9.55 Å². The van der Waals surface area contributed by atoms with Gasteiger partial charge in [-0.15, -0.1) is 11.6 Å². The normalized spacial score (nSPS) is 31.4. The molecule has 2 heterocycles. The Bertz CT molecular complexity index is 734. The molecule has 2 rings (SSSR count). The lowest BCUT2D eigenvalue weighted by molar-refractivity contribution is -0.113. The van der Waals surface area contributed by atoms with E-state index in [-0.39, 0.29) is 0 Å². The molecule has 0 bridgehead atoms. The van der Waals surface area contributed by atoms with Gasteiger partial charge in [-0.05, 0) is 0 Å². The Morgan fingerprint density at radius 2 is 2.17 bits per heavy atom. The van der Waals surface area contributed by atoms with Crippen molar-refractivity contribution in [2.24, 2.45) is 0 Å². The quantitative estimate of drug-likeness (QED) is 0.372. The van der Waals surface area contributed by atoms with Gasteiger partial charge < -0.3 is 19.6 Å². The van der Waals surface area contributed by atoms with Gasteiger partial charge in [0.15, 0.2) is 12.4 Å². The van der Waals surface area contributed by atoms with E-state index in [0.29, 0.717) is 4.57 Å². The number of ether oxygens (including phenoxy) is 1. The number of hydrogen-bond acceptors (Lipinski definition) is 6. The van der Waals surface area contributed by atoms with Gasteiger partial charge in [0, 0.05) is 12.3 Å². The Morgan fingerprint density at radius 3 is 2.70 bits per heavy atom. The number of nitrogens with zero attached hydrogens (tertiary/aromatic N) is 1. The minimum Gasteiger partial charge on any atom is -0.387 e. The summed E-state index contributed by atoms with van der Waals surface area (Å²) < 4.78 is 35.3. The van der Waals surface area contributed by atoms with Gasteiger partial charge in [0.1, 0.15) is 11.7 Å². The van der Waals surface area contributed by atoms with Crippen LogP contribution in [0.3, 0.4) is 0 Å². The average Bonchev–Trinajstić information content (AvgIpc) is 2.70. The predicted octanol–water partition coefficient (Wildman–Crippen LogP) is -1.15. The summed E-state index contributed by atoms with van der Waals surface area (Å²) in [6.07, 6.45) is -4.78. The molecular formula is C10H13ClFN2O8P. The predicted molar refractivity (Wildman–Crippen MR) is 73.8 cm³/mol. The summed E-state index contributed by atoms with van der Waals surface area (Å²) in [6.45, 7) is -0.906. The Balaban J connectivity index is 2.33. The Kier molecular flexibility index (Phi) is 5.12. The highest BCUT2D eigenvalue weighted by molar-refractivity contribution is 7.46. The van der Waals surface area contributed by atoms with Gasteiger partial charge in [-0.25, -0.2) is 13.8 Å². The summed E-state index contributed by atoms with van der Waals surface area (Å²) in [5.74, 6) is -0.566. The molecule has 0 aromatic carbocycles. The molecule has 0 radical (unpaired) electrons. The van der Waals surface area contributed by atoms with Crippen LogP contribution in [0, 0.1) is 0 Å². The van der Waals surface area contributed by atoms with E-state index in [1.54, 1.807) is 0 Å². The maximum atomic E-state index is 14.3. The molecule has 130 valence electrons. The minimum absolute atomic E-state index is 0.566. The molecule has 0 aliphatic carbocycles. The first-order valence-corrected chi connectivity index (χ1v) is 8.23. The number of aromatic nitrogens is 2. The van der Waals surface area contributed by atoms with Crippen LogP contribution in [0.5, 0.6) is 0 Å². The molecule has 4 atom stereocenters. The number of nitrogens with one attached hydrogen (secondary N) is 1. The Hall–Kier alpha value is -1.07. The summed E-state index contributed by atoms with van der Waals surface area (Å²) in [4.78, 5) is 42.0. The molecule has 1 aliphatic heterocycles. The zero-order valence-corrected chi connectivity index (χ0v) is 13.0. The second-order valence-electron chi connectivity index (χ2n) is 4.88. The van der Waals surface area contributed by atoms with Crippen LogP contribution in [0.4, 0.5) is 4.39 Å². The fourth-order valence-electron chi connectivity index (χ4n) is 2.12. The fourth-order valence-corrected chi connectivity index (χ4v) is 2.81. The molecule has 1 aromatic heterocycles. The summed E-state index contributed by atoms with van der Waals surface area (Å²) in [7, 11) is -4.92.